The molecule has 0 saturated carbocycles. The number of unbranched alkanes of at least 4 members (excludes halogenated alkanes) is 3. The lowest BCUT2D eigenvalue weighted by atomic mass is 10.1. The van der Waals surface area contributed by atoms with E-state index in [0.717, 1.165) is 23.2 Å². The van der Waals surface area contributed by atoms with E-state index in [4.69, 9.17) is 32.4 Å². The summed E-state index contributed by atoms with van der Waals surface area (Å²) in [4.78, 5) is 11.7. The Morgan fingerprint density at radius 1 is 1.19 bits per heavy atom. The predicted octanol–water partition coefficient (Wildman–Crippen LogP) is 4.78. The molecule has 0 spiro atoms. The van der Waals surface area contributed by atoms with Gasteiger partial charge in [0.25, 0.3) is 0 Å². The minimum absolute atomic E-state index is 0.0725. The summed E-state index contributed by atoms with van der Waals surface area (Å²) >= 11 is 12.8. The maximum atomic E-state index is 11.7. The average Bonchev–Trinajstić information content (AvgIpc) is 3.00. The van der Waals surface area contributed by atoms with Gasteiger partial charge in [-0.05, 0) is 37.1 Å². The first-order chi connectivity index (χ1) is 12.4. The molecular weight excluding hydrogens is 377 g/mol. The smallest absolute Gasteiger partial charge is 0.444 e. The van der Waals surface area contributed by atoms with Crippen LogP contribution in [-0.2, 0) is 0 Å². The molecule has 2 rings (SSSR count). The number of halogens is 2. The summed E-state index contributed by atoms with van der Waals surface area (Å²) < 4.78 is 10.1. The second-order valence-corrected chi connectivity index (χ2v) is 7.78. The molecule has 1 aromatic heterocycles. The van der Waals surface area contributed by atoms with Crippen LogP contribution in [-0.4, -0.2) is 27.8 Å². The van der Waals surface area contributed by atoms with Crippen LogP contribution in [0.1, 0.15) is 45.4 Å². The first-order valence-electron chi connectivity index (χ1n) is 8.81. The van der Waals surface area contributed by atoms with Gasteiger partial charge < -0.3 is 14.5 Å². The minimum atomic E-state index is -0.703. The van der Waals surface area contributed by atoms with Gasteiger partial charge >= 0.3 is 11.8 Å². The molecule has 1 N–H and O–H groups in total. The minimum Gasteiger partial charge on any atom is -0.452 e. The third-order valence-corrected chi connectivity index (χ3v) is 4.79. The van der Waals surface area contributed by atoms with Crippen LogP contribution in [0.15, 0.2) is 33.5 Å². The molecule has 0 saturated heterocycles. The third kappa shape index (κ3) is 6.25. The van der Waals surface area contributed by atoms with Crippen molar-refractivity contribution in [1.82, 2.24) is 9.78 Å². The molecular formula is C18H25Cl2N3O3. The molecule has 0 radical (unpaired) electrons. The van der Waals surface area contributed by atoms with Gasteiger partial charge in [-0.1, -0.05) is 37.7 Å². The second kappa shape index (κ2) is 9.88. The van der Waals surface area contributed by atoms with Crippen LogP contribution in [0.3, 0.4) is 0 Å². The Morgan fingerprint density at radius 2 is 1.92 bits per heavy atom. The summed E-state index contributed by atoms with van der Waals surface area (Å²) in [6.07, 6.45) is 6.01. The fourth-order valence-electron chi connectivity index (χ4n) is 2.55. The van der Waals surface area contributed by atoms with Gasteiger partial charge in [0, 0.05) is 12.2 Å². The van der Waals surface area contributed by atoms with Crippen molar-refractivity contribution in [2.45, 2.75) is 49.8 Å². The molecule has 0 unspecified atom stereocenters. The number of aromatic nitrogens is 2. The molecule has 26 heavy (non-hydrogen) atoms. The quantitative estimate of drug-likeness (QED) is 0.433. The number of anilines is 1. The van der Waals surface area contributed by atoms with Crippen molar-refractivity contribution in [3.8, 4) is 11.8 Å². The van der Waals surface area contributed by atoms with Crippen LogP contribution in [0.4, 0.5) is 5.69 Å². The maximum Gasteiger partial charge on any atom is 0.444 e. The van der Waals surface area contributed by atoms with Crippen molar-refractivity contribution >= 4 is 28.9 Å². The predicted molar refractivity (Wildman–Crippen MR) is 105 cm³/mol. The Morgan fingerprint density at radius 3 is 2.54 bits per heavy atom. The number of nitrogens with one attached hydrogen (secondary N) is 1. The van der Waals surface area contributed by atoms with Gasteiger partial charge in [-0.3, -0.25) is 0 Å². The molecule has 0 aliphatic heterocycles. The van der Waals surface area contributed by atoms with Crippen molar-refractivity contribution < 1.29 is 9.15 Å². The Bertz CT molecular complexity index is 726. The highest BCUT2D eigenvalue weighted by Gasteiger charge is 2.22. The van der Waals surface area contributed by atoms with E-state index in [-0.39, 0.29) is 6.08 Å². The van der Waals surface area contributed by atoms with Crippen molar-refractivity contribution in [1.29, 1.82) is 0 Å². The van der Waals surface area contributed by atoms with Crippen LogP contribution >= 0.6 is 23.2 Å². The molecule has 144 valence electrons. The summed E-state index contributed by atoms with van der Waals surface area (Å²) in [5, 5.41) is 7.21. The molecule has 1 heterocycles. The SMILES string of the molecule is CCCCCCC(Cl)(Cl)CCNc1ccc(-n2nc(OC)oc2=O)cc1. The number of alkyl halides is 2. The Balaban J connectivity index is 1.83. The highest BCUT2D eigenvalue weighted by Crippen LogP contribution is 2.31. The van der Waals surface area contributed by atoms with Crippen molar-refractivity contribution in [2.24, 2.45) is 0 Å². The number of hydrogen-bond acceptors (Lipinski definition) is 5. The fraction of sp³-hybridized carbons (Fsp3) is 0.556. The summed E-state index contributed by atoms with van der Waals surface area (Å²) in [5.41, 5.74) is 1.50. The lowest BCUT2D eigenvalue weighted by Crippen LogP contribution is -2.18. The largest absolute Gasteiger partial charge is 0.452 e. The van der Waals surface area contributed by atoms with E-state index in [1.807, 2.05) is 12.1 Å². The van der Waals surface area contributed by atoms with Crippen LogP contribution in [0.25, 0.3) is 5.69 Å². The van der Waals surface area contributed by atoms with E-state index in [1.54, 1.807) is 12.1 Å². The van der Waals surface area contributed by atoms with Gasteiger partial charge in [0.05, 0.1) is 12.8 Å². The zero-order chi connectivity index (χ0) is 19.0. The van der Waals surface area contributed by atoms with Crippen LogP contribution in [0.2, 0.25) is 0 Å². The normalized spacial score (nSPS) is 11.5. The number of rotatable bonds is 11. The van der Waals surface area contributed by atoms with Gasteiger partial charge in [-0.25, -0.2) is 4.79 Å². The Kier molecular flexibility index (Phi) is 7.85. The van der Waals surface area contributed by atoms with Crippen molar-refractivity contribution in [3.05, 3.63) is 34.8 Å². The second-order valence-electron chi connectivity index (χ2n) is 6.14. The first kappa shape index (κ1) is 20.6. The van der Waals surface area contributed by atoms with Gasteiger partial charge in [0.1, 0.15) is 4.33 Å². The maximum absolute atomic E-state index is 11.7. The summed E-state index contributed by atoms with van der Waals surface area (Å²) in [7, 11) is 1.39. The number of ether oxygens (including phenoxy) is 1. The van der Waals surface area contributed by atoms with Crippen LogP contribution in [0.5, 0.6) is 6.08 Å². The summed E-state index contributed by atoms with van der Waals surface area (Å²) in [6, 6.07) is 7.25. The molecule has 0 fully saturated rings. The number of methoxy groups -OCH3 is 1. The monoisotopic (exact) mass is 401 g/mol. The van der Waals surface area contributed by atoms with Crippen molar-refractivity contribution in [2.75, 3.05) is 19.0 Å². The van der Waals surface area contributed by atoms with Gasteiger partial charge in [0.2, 0.25) is 0 Å². The molecule has 0 aliphatic carbocycles. The van der Waals surface area contributed by atoms with E-state index in [1.165, 1.54) is 26.4 Å². The number of hydrogen-bond donors (Lipinski definition) is 1. The summed E-state index contributed by atoms with van der Waals surface area (Å²) in [5.74, 6) is -0.598. The van der Waals surface area contributed by atoms with E-state index in [9.17, 15) is 4.79 Å². The Labute approximate surface area is 163 Å². The molecule has 0 aliphatic rings. The molecule has 1 aromatic carbocycles. The van der Waals surface area contributed by atoms with Gasteiger partial charge in [0.15, 0.2) is 0 Å². The fourth-order valence-corrected chi connectivity index (χ4v) is 3.01. The molecule has 2 aromatic rings. The van der Waals surface area contributed by atoms with E-state index < -0.39 is 10.1 Å². The van der Waals surface area contributed by atoms with Gasteiger partial charge in [-0.2, -0.15) is 4.68 Å². The lowest BCUT2D eigenvalue weighted by Gasteiger charge is -2.20. The molecule has 6 nitrogen and oxygen atoms in total. The van der Waals surface area contributed by atoms with Gasteiger partial charge in [-0.15, -0.1) is 23.2 Å². The van der Waals surface area contributed by atoms with E-state index >= 15 is 0 Å². The van der Waals surface area contributed by atoms with Crippen LogP contribution in [0, 0.1) is 0 Å². The lowest BCUT2D eigenvalue weighted by molar-refractivity contribution is 0.282. The van der Waals surface area contributed by atoms with Crippen LogP contribution < -0.4 is 15.8 Å². The topological polar surface area (TPSA) is 69.3 Å². The molecule has 0 bridgehead atoms. The zero-order valence-electron chi connectivity index (χ0n) is 15.1. The standard InChI is InChI=1S/C18H25Cl2N3O3/c1-3-4-5-6-11-18(19,20)12-13-21-14-7-9-15(10-8-14)23-17(24)26-16(22-23)25-2/h7-10,21H,3-6,11-13H2,1-2H3. The number of benzene rings is 1. The molecule has 8 heteroatoms. The first-order valence-corrected chi connectivity index (χ1v) is 9.57. The third-order valence-electron chi connectivity index (χ3n) is 4.03. The number of nitrogens with zero attached hydrogens (tertiary/aromatic N) is 2. The van der Waals surface area contributed by atoms with E-state index in [0.29, 0.717) is 18.7 Å². The molecule has 0 amide bonds. The van der Waals surface area contributed by atoms with Crippen molar-refractivity contribution in [3.63, 3.8) is 0 Å². The highest BCUT2D eigenvalue weighted by molar-refractivity contribution is 6.48. The average molecular weight is 402 g/mol. The Hall–Kier alpha value is -1.66. The van der Waals surface area contributed by atoms with E-state index in [2.05, 4.69) is 17.3 Å². The highest BCUT2D eigenvalue weighted by atomic mass is 35.5. The summed E-state index contributed by atoms with van der Waals surface area (Å²) in [6.45, 7) is 2.84. The zero-order valence-corrected chi connectivity index (χ0v) is 16.6. The molecule has 0 atom stereocenters.